The molecule has 2 aromatic carbocycles. The van der Waals surface area contributed by atoms with Crippen molar-refractivity contribution in [2.45, 2.75) is 6.92 Å². The van der Waals surface area contributed by atoms with Crippen LogP contribution in [0.1, 0.15) is 5.56 Å². The van der Waals surface area contributed by atoms with Gasteiger partial charge in [0, 0.05) is 10.7 Å². The van der Waals surface area contributed by atoms with Gasteiger partial charge in [0.2, 0.25) is 0 Å². The number of aromatic hydroxyl groups is 1. The van der Waals surface area contributed by atoms with Crippen molar-refractivity contribution in [1.29, 1.82) is 5.26 Å². The highest BCUT2D eigenvalue weighted by atomic mass is 79.9. The normalized spacial score (nSPS) is 10.7. The molecule has 6 heteroatoms. The number of amides is 1. The van der Waals surface area contributed by atoms with E-state index in [1.54, 1.807) is 18.2 Å². The van der Waals surface area contributed by atoms with E-state index in [2.05, 4.69) is 26.6 Å². The number of anilines is 2. The van der Waals surface area contributed by atoms with E-state index in [0.717, 1.165) is 15.7 Å². The van der Waals surface area contributed by atoms with Crippen molar-refractivity contribution in [1.82, 2.24) is 0 Å². The third-order valence-electron chi connectivity index (χ3n) is 3.01. The van der Waals surface area contributed by atoms with Gasteiger partial charge >= 0.3 is 0 Å². The summed E-state index contributed by atoms with van der Waals surface area (Å²) in [7, 11) is 0. The summed E-state index contributed by atoms with van der Waals surface area (Å²) in [6, 6.07) is 13.8. The third-order valence-corrected chi connectivity index (χ3v) is 3.67. The van der Waals surface area contributed by atoms with E-state index in [1.807, 2.05) is 31.2 Å². The number of rotatable bonds is 4. The van der Waals surface area contributed by atoms with Crippen molar-refractivity contribution in [2.75, 3.05) is 10.6 Å². The predicted molar refractivity (Wildman–Crippen MR) is 92.9 cm³/mol. The SMILES string of the molecule is Cc1ccc(N/C=C(/C#N)C(=O)Nc2ccccc2O)c(Br)c1. The summed E-state index contributed by atoms with van der Waals surface area (Å²) in [6.07, 6.45) is 1.32. The van der Waals surface area contributed by atoms with E-state index in [9.17, 15) is 9.90 Å². The Kier molecular flexibility index (Phi) is 5.39. The smallest absolute Gasteiger partial charge is 0.267 e. The molecule has 0 saturated carbocycles. The largest absolute Gasteiger partial charge is 0.506 e. The van der Waals surface area contributed by atoms with Crippen LogP contribution >= 0.6 is 15.9 Å². The second-order valence-electron chi connectivity index (χ2n) is 4.77. The lowest BCUT2D eigenvalue weighted by Gasteiger charge is -2.08. The van der Waals surface area contributed by atoms with E-state index >= 15 is 0 Å². The van der Waals surface area contributed by atoms with Crippen molar-refractivity contribution in [3.63, 3.8) is 0 Å². The van der Waals surface area contributed by atoms with Gasteiger partial charge in [-0.05, 0) is 52.7 Å². The highest BCUT2D eigenvalue weighted by Gasteiger charge is 2.11. The van der Waals surface area contributed by atoms with Crippen LogP contribution in [0.2, 0.25) is 0 Å². The molecule has 3 N–H and O–H groups in total. The van der Waals surface area contributed by atoms with Crippen LogP contribution in [-0.2, 0) is 4.79 Å². The molecule has 0 aliphatic carbocycles. The molecule has 2 aromatic rings. The predicted octanol–water partition coefficient (Wildman–Crippen LogP) is 3.92. The Balaban J connectivity index is 2.14. The van der Waals surface area contributed by atoms with Crippen LogP contribution in [0.5, 0.6) is 5.75 Å². The molecule has 0 aliphatic rings. The minimum absolute atomic E-state index is 0.0626. The van der Waals surface area contributed by atoms with Gasteiger partial charge in [-0.1, -0.05) is 18.2 Å². The number of para-hydroxylation sites is 2. The van der Waals surface area contributed by atoms with Crippen LogP contribution in [0, 0.1) is 18.3 Å². The maximum Gasteiger partial charge on any atom is 0.267 e. The summed E-state index contributed by atoms with van der Waals surface area (Å²) in [5, 5.41) is 24.2. The van der Waals surface area contributed by atoms with Gasteiger partial charge in [-0.15, -0.1) is 0 Å². The zero-order chi connectivity index (χ0) is 16.8. The van der Waals surface area contributed by atoms with Crippen LogP contribution in [0.15, 0.2) is 58.7 Å². The summed E-state index contributed by atoms with van der Waals surface area (Å²) in [4.78, 5) is 12.1. The van der Waals surface area contributed by atoms with E-state index in [-0.39, 0.29) is 17.0 Å². The third kappa shape index (κ3) is 4.34. The van der Waals surface area contributed by atoms with Crippen LogP contribution in [0.4, 0.5) is 11.4 Å². The van der Waals surface area contributed by atoms with Gasteiger partial charge in [-0.2, -0.15) is 5.26 Å². The number of hydrogen-bond donors (Lipinski definition) is 3. The fourth-order valence-corrected chi connectivity index (χ4v) is 2.41. The highest BCUT2D eigenvalue weighted by Crippen LogP contribution is 2.24. The molecule has 0 aliphatic heterocycles. The zero-order valence-electron chi connectivity index (χ0n) is 12.3. The molecule has 2 rings (SSSR count). The van der Waals surface area contributed by atoms with Gasteiger partial charge in [0.05, 0.1) is 11.4 Å². The minimum atomic E-state index is -0.607. The number of halogens is 1. The van der Waals surface area contributed by atoms with Crippen LogP contribution < -0.4 is 10.6 Å². The van der Waals surface area contributed by atoms with Crippen LogP contribution in [-0.4, -0.2) is 11.0 Å². The number of hydrogen-bond acceptors (Lipinski definition) is 4. The lowest BCUT2D eigenvalue weighted by atomic mass is 10.2. The van der Waals surface area contributed by atoms with Crippen molar-refractivity contribution < 1.29 is 9.90 Å². The van der Waals surface area contributed by atoms with Gasteiger partial charge in [0.15, 0.2) is 0 Å². The van der Waals surface area contributed by atoms with E-state index in [0.29, 0.717) is 0 Å². The van der Waals surface area contributed by atoms with Gasteiger partial charge < -0.3 is 15.7 Å². The quantitative estimate of drug-likeness (QED) is 0.431. The molecule has 0 spiro atoms. The molecule has 0 unspecified atom stereocenters. The number of carbonyl (C=O) groups is 1. The maximum absolute atomic E-state index is 12.1. The standard InChI is InChI=1S/C17H14BrN3O2/c1-11-6-7-14(13(18)8-11)20-10-12(9-19)17(23)21-15-4-2-3-5-16(15)22/h2-8,10,20,22H,1H3,(H,21,23)/b12-10-. The molecule has 116 valence electrons. The Hall–Kier alpha value is -2.78. The number of aryl methyl sites for hydroxylation is 1. The van der Waals surface area contributed by atoms with E-state index in [1.165, 1.54) is 12.3 Å². The molecule has 0 atom stereocenters. The second-order valence-corrected chi connectivity index (χ2v) is 5.62. The molecule has 0 fully saturated rings. The maximum atomic E-state index is 12.1. The molecule has 0 heterocycles. The van der Waals surface area contributed by atoms with Gasteiger partial charge in [-0.3, -0.25) is 4.79 Å². The first-order chi connectivity index (χ1) is 11.0. The van der Waals surface area contributed by atoms with Crippen molar-refractivity contribution >= 4 is 33.2 Å². The Labute approximate surface area is 142 Å². The topological polar surface area (TPSA) is 85.2 Å². The molecular formula is C17H14BrN3O2. The highest BCUT2D eigenvalue weighted by molar-refractivity contribution is 9.10. The number of carbonyl (C=O) groups excluding carboxylic acids is 1. The van der Waals surface area contributed by atoms with Crippen LogP contribution in [0.3, 0.4) is 0 Å². The molecule has 0 aromatic heterocycles. The van der Waals surface area contributed by atoms with E-state index < -0.39 is 5.91 Å². The summed E-state index contributed by atoms with van der Waals surface area (Å²) in [5.74, 6) is -0.669. The molecular weight excluding hydrogens is 358 g/mol. The van der Waals surface area contributed by atoms with Gasteiger partial charge in [-0.25, -0.2) is 0 Å². The minimum Gasteiger partial charge on any atom is -0.506 e. The average molecular weight is 372 g/mol. The number of phenols is 1. The van der Waals surface area contributed by atoms with Crippen molar-refractivity contribution in [3.05, 3.63) is 64.3 Å². The first kappa shape index (κ1) is 16.6. The summed E-state index contributed by atoms with van der Waals surface area (Å²) >= 11 is 3.41. The second kappa shape index (κ2) is 7.47. The summed E-state index contributed by atoms with van der Waals surface area (Å²) < 4.78 is 0.826. The van der Waals surface area contributed by atoms with Gasteiger partial charge in [0.1, 0.15) is 17.4 Å². The Bertz CT molecular complexity index is 810. The first-order valence-electron chi connectivity index (χ1n) is 6.73. The Morgan fingerprint density at radius 3 is 2.65 bits per heavy atom. The van der Waals surface area contributed by atoms with Gasteiger partial charge in [0.25, 0.3) is 5.91 Å². The van der Waals surface area contributed by atoms with E-state index in [4.69, 9.17) is 5.26 Å². The fourth-order valence-electron chi connectivity index (χ4n) is 1.80. The molecule has 0 bridgehead atoms. The van der Waals surface area contributed by atoms with Crippen LogP contribution in [0.25, 0.3) is 0 Å². The molecule has 1 amide bonds. The number of benzene rings is 2. The number of nitrogens with one attached hydrogen (secondary N) is 2. The molecule has 23 heavy (non-hydrogen) atoms. The Morgan fingerprint density at radius 2 is 2.00 bits per heavy atom. The monoisotopic (exact) mass is 371 g/mol. The average Bonchev–Trinajstić information content (AvgIpc) is 2.52. The molecule has 0 saturated heterocycles. The summed E-state index contributed by atoms with van der Waals surface area (Å²) in [6.45, 7) is 1.96. The lowest BCUT2D eigenvalue weighted by Crippen LogP contribution is -2.14. The molecule has 0 radical (unpaired) electrons. The fraction of sp³-hybridized carbons (Fsp3) is 0.0588. The number of phenolic OH excluding ortho intramolecular Hbond substituents is 1. The lowest BCUT2D eigenvalue weighted by molar-refractivity contribution is -0.112. The number of nitrogens with zero attached hydrogens (tertiary/aromatic N) is 1. The number of nitriles is 1. The summed E-state index contributed by atoms with van der Waals surface area (Å²) in [5.41, 5.74) is 1.96. The first-order valence-corrected chi connectivity index (χ1v) is 7.53. The molecule has 5 nitrogen and oxygen atoms in total. The van der Waals surface area contributed by atoms with Crippen molar-refractivity contribution in [2.24, 2.45) is 0 Å². The van der Waals surface area contributed by atoms with Crippen molar-refractivity contribution in [3.8, 4) is 11.8 Å². The zero-order valence-corrected chi connectivity index (χ0v) is 13.9. The Morgan fingerprint density at radius 1 is 1.26 bits per heavy atom.